The number of rotatable bonds is 11. The van der Waals surface area contributed by atoms with Gasteiger partial charge in [0.05, 0.1) is 10.5 Å². The minimum Gasteiger partial charge on any atom is -0.403 e. The minimum absolute atomic E-state index is 0.0697. The van der Waals surface area contributed by atoms with Gasteiger partial charge in [-0.2, -0.15) is 17.5 Å². The molecule has 0 radical (unpaired) electrons. The van der Waals surface area contributed by atoms with E-state index in [1.165, 1.54) is 40.7 Å². The molecule has 1 aromatic heterocycles. The highest BCUT2D eigenvalue weighted by molar-refractivity contribution is 7.89. The third-order valence-corrected chi connectivity index (χ3v) is 7.29. The minimum atomic E-state index is -4.47. The van der Waals surface area contributed by atoms with Gasteiger partial charge in [-0.25, -0.2) is 8.42 Å². The van der Waals surface area contributed by atoms with Gasteiger partial charge in [-0.15, -0.1) is 5.10 Å². The predicted octanol–water partition coefficient (Wildman–Crippen LogP) is 5.60. The Kier molecular flexibility index (Phi) is 8.85. The van der Waals surface area contributed by atoms with E-state index in [4.69, 9.17) is 4.42 Å². The Morgan fingerprint density at radius 3 is 2.06 bits per heavy atom. The highest BCUT2D eigenvalue weighted by atomic mass is 32.2. The van der Waals surface area contributed by atoms with Crippen LogP contribution in [-0.4, -0.2) is 41.9 Å². The van der Waals surface area contributed by atoms with Gasteiger partial charge in [0.2, 0.25) is 15.9 Å². The smallest absolute Gasteiger partial charge is 0.403 e. The Hall–Kier alpha value is -3.25. The summed E-state index contributed by atoms with van der Waals surface area (Å²) in [7, 11) is -3.70. The second-order valence-corrected chi connectivity index (χ2v) is 10.0. The number of amides is 1. The molecule has 2 aromatic carbocycles. The number of benzene rings is 2. The van der Waals surface area contributed by atoms with Crippen LogP contribution in [0.5, 0.6) is 0 Å². The molecule has 0 spiro atoms. The molecule has 1 N–H and O–H groups in total. The van der Waals surface area contributed by atoms with E-state index in [2.05, 4.69) is 15.5 Å². The van der Waals surface area contributed by atoms with Gasteiger partial charge in [-0.3, -0.25) is 10.1 Å². The lowest BCUT2D eigenvalue weighted by Gasteiger charge is -2.22. The first-order chi connectivity index (χ1) is 17.1. The number of alkyl halides is 3. The van der Waals surface area contributed by atoms with Crippen LogP contribution < -0.4 is 5.32 Å². The highest BCUT2D eigenvalue weighted by Crippen LogP contribution is 2.31. The molecule has 3 aromatic rings. The normalized spacial score (nSPS) is 12.2. The summed E-state index contributed by atoms with van der Waals surface area (Å²) >= 11 is 0. The van der Waals surface area contributed by atoms with Crippen LogP contribution in [0.1, 0.15) is 55.5 Å². The summed E-state index contributed by atoms with van der Waals surface area (Å²) in [5.41, 5.74) is -0.401. The molecule has 1 heterocycles. The molecular formula is C24H27F3N4O4S. The Morgan fingerprint density at radius 2 is 1.53 bits per heavy atom. The monoisotopic (exact) mass is 524 g/mol. The van der Waals surface area contributed by atoms with Gasteiger partial charge >= 0.3 is 12.2 Å². The van der Waals surface area contributed by atoms with Crippen LogP contribution in [0.15, 0.2) is 57.8 Å². The van der Waals surface area contributed by atoms with E-state index in [-0.39, 0.29) is 27.9 Å². The van der Waals surface area contributed by atoms with Crippen molar-refractivity contribution in [3.63, 3.8) is 0 Å². The lowest BCUT2D eigenvalue weighted by Crippen LogP contribution is -2.33. The summed E-state index contributed by atoms with van der Waals surface area (Å²) in [6.45, 7) is 4.85. The second kappa shape index (κ2) is 11.7. The van der Waals surface area contributed by atoms with E-state index in [0.29, 0.717) is 13.1 Å². The van der Waals surface area contributed by atoms with Crippen LogP contribution in [0.3, 0.4) is 0 Å². The molecule has 0 aliphatic rings. The largest absolute Gasteiger partial charge is 0.416 e. The molecule has 8 nitrogen and oxygen atoms in total. The molecule has 0 unspecified atom stereocenters. The number of carbonyl (C=O) groups is 1. The third-order valence-electron chi connectivity index (χ3n) is 5.38. The van der Waals surface area contributed by atoms with Gasteiger partial charge in [0.25, 0.3) is 5.91 Å². The predicted molar refractivity (Wildman–Crippen MR) is 128 cm³/mol. The summed E-state index contributed by atoms with van der Waals surface area (Å²) < 4.78 is 71.1. The van der Waals surface area contributed by atoms with Crippen LogP contribution in [0.25, 0.3) is 11.5 Å². The summed E-state index contributed by atoms with van der Waals surface area (Å²) in [6, 6.07) is 9.40. The van der Waals surface area contributed by atoms with Crippen molar-refractivity contribution < 1.29 is 30.8 Å². The molecule has 36 heavy (non-hydrogen) atoms. The first kappa shape index (κ1) is 27.3. The molecule has 3 rings (SSSR count). The van der Waals surface area contributed by atoms with Crippen molar-refractivity contribution >= 4 is 21.9 Å². The van der Waals surface area contributed by atoms with Gasteiger partial charge < -0.3 is 4.42 Å². The van der Waals surface area contributed by atoms with Gasteiger partial charge in [0, 0.05) is 24.2 Å². The first-order valence-electron chi connectivity index (χ1n) is 11.5. The average Bonchev–Trinajstić information content (AvgIpc) is 3.32. The zero-order valence-corrected chi connectivity index (χ0v) is 20.7. The summed E-state index contributed by atoms with van der Waals surface area (Å²) in [4.78, 5) is 12.7. The van der Waals surface area contributed by atoms with Crippen molar-refractivity contribution in [1.29, 1.82) is 0 Å². The molecular weight excluding hydrogens is 497 g/mol. The number of hydrogen-bond donors (Lipinski definition) is 1. The third kappa shape index (κ3) is 6.70. The Morgan fingerprint density at radius 1 is 0.944 bits per heavy atom. The lowest BCUT2D eigenvalue weighted by molar-refractivity contribution is -0.137. The van der Waals surface area contributed by atoms with E-state index in [1.54, 1.807) is 0 Å². The van der Waals surface area contributed by atoms with Gasteiger partial charge in [-0.1, -0.05) is 31.8 Å². The molecule has 0 saturated carbocycles. The van der Waals surface area contributed by atoms with Crippen molar-refractivity contribution in [2.24, 2.45) is 0 Å². The van der Waals surface area contributed by atoms with Crippen molar-refractivity contribution in [3.05, 3.63) is 59.7 Å². The SMILES string of the molecule is CCCCN(CCCC)S(=O)(=O)c1ccc(C(=O)Nc2nnc(-c3ccc(C(F)(F)F)cc3)o2)cc1. The van der Waals surface area contributed by atoms with Crippen LogP contribution >= 0.6 is 0 Å². The zero-order chi connectivity index (χ0) is 26.3. The fraction of sp³-hybridized carbons (Fsp3) is 0.375. The maximum atomic E-state index is 13.1. The molecule has 0 fully saturated rings. The Bertz CT molecular complexity index is 1250. The molecule has 0 aliphatic carbocycles. The molecule has 194 valence electrons. The Labute approximate surface area is 207 Å². The average molecular weight is 525 g/mol. The first-order valence-corrected chi connectivity index (χ1v) is 12.9. The van der Waals surface area contributed by atoms with Gasteiger partial charge in [0.1, 0.15) is 0 Å². The number of aromatic nitrogens is 2. The molecule has 0 saturated heterocycles. The molecule has 0 bridgehead atoms. The van der Waals surface area contributed by atoms with E-state index in [9.17, 15) is 26.4 Å². The lowest BCUT2D eigenvalue weighted by atomic mass is 10.1. The summed E-state index contributed by atoms with van der Waals surface area (Å²) in [6.07, 6.45) is -1.23. The fourth-order valence-electron chi connectivity index (χ4n) is 3.31. The van der Waals surface area contributed by atoms with Gasteiger partial charge in [0.15, 0.2) is 0 Å². The van der Waals surface area contributed by atoms with E-state index < -0.39 is 27.7 Å². The number of hydrogen-bond acceptors (Lipinski definition) is 6. The fourth-order valence-corrected chi connectivity index (χ4v) is 4.83. The molecule has 0 aliphatic heterocycles. The van der Waals surface area contributed by atoms with Crippen molar-refractivity contribution in [2.75, 3.05) is 18.4 Å². The molecule has 1 amide bonds. The number of halogens is 3. The second-order valence-electron chi connectivity index (χ2n) is 8.08. The topological polar surface area (TPSA) is 105 Å². The van der Waals surface area contributed by atoms with Crippen LogP contribution in [0, 0.1) is 0 Å². The number of nitrogens with zero attached hydrogens (tertiary/aromatic N) is 3. The van der Waals surface area contributed by atoms with Crippen molar-refractivity contribution in [3.8, 4) is 11.5 Å². The number of nitrogens with one attached hydrogen (secondary N) is 1. The number of carbonyl (C=O) groups excluding carboxylic acids is 1. The molecule has 12 heteroatoms. The van der Waals surface area contributed by atoms with Crippen molar-refractivity contribution in [2.45, 2.75) is 50.6 Å². The quantitative estimate of drug-likeness (QED) is 0.350. The van der Waals surface area contributed by atoms with Crippen molar-refractivity contribution in [1.82, 2.24) is 14.5 Å². The van der Waals surface area contributed by atoms with Gasteiger partial charge in [-0.05, 0) is 61.4 Å². The number of unbranched alkanes of at least 4 members (excludes halogenated alkanes) is 2. The van der Waals surface area contributed by atoms with Crippen LogP contribution in [0.4, 0.5) is 19.2 Å². The van der Waals surface area contributed by atoms with E-state index in [1.807, 2.05) is 13.8 Å². The number of anilines is 1. The molecule has 0 atom stereocenters. The van der Waals surface area contributed by atoms with Crippen LogP contribution in [-0.2, 0) is 16.2 Å². The standard InChI is InChI=1S/C24H27F3N4O4S/c1-3-5-15-31(16-6-4-2)36(33,34)20-13-9-17(10-14-20)21(32)28-23-30-29-22(35-23)18-7-11-19(12-8-18)24(25,26)27/h7-14H,3-6,15-16H2,1-2H3,(H,28,30,32). The maximum absolute atomic E-state index is 13.1. The summed E-state index contributed by atoms with van der Waals surface area (Å²) in [5, 5.41) is 9.84. The zero-order valence-electron chi connectivity index (χ0n) is 19.9. The maximum Gasteiger partial charge on any atom is 0.416 e. The Balaban J connectivity index is 1.69. The number of sulfonamides is 1. The summed E-state index contributed by atoms with van der Waals surface area (Å²) in [5.74, 6) is -0.685. The van der Waals surface area contributed by atoms with E-state index in [0.717, 1.165) is 37.8 Å². The van der Waals surface area contributed by atoms with E-state index >= 15 is 0 Å². The van der Waals surface area contributed by atoms with Crippen LogP contribution in [0.2, 0.25) is 0 Å². The highest BCUT2D eigenvalue weighted by Gasteiger charge is 2.30.